The predicted molar refractivity (Wildman–Crippen MR) is 79.1 cm³/mol. The molecule has 1 aromatic carbocycles. The first-order chi connectivity index (χ1) is 10.6. The number of carbonyl (C=O) groups is 1. The van der Waals surface area contributed by atoms with Crippen LogP contribution in [0.3, 0.4) is 0 Å². The number of carboxylic acid groups (broad SMARTS) is 1. The van der Waals surface area contributed by atoms with Gasteiger partial charge in [-0.25, -0.2) is 14.8 Å². The third-order valence-electron chi connectivity index (χ3n) is 4.54. The smallest absolute Gasteiger partial charge is 0.338 e. The van der Waals surface area contributed by atoms with Gasteiger partial charge in [0.2, 0.25) is 5.95 Å². The monoisotopic (exact) mass is 297 g/mol. The first-order valence-corrected chi connectivity index (χ1v) is 7.20. The standard InChI is InChI=1S/C16H15N3O3/c20-12-2-1-10-8-19(9-16(3-4-16)13(10)5-12)15-17-6-11(7-18-15)14(21)22/h1-2,5-7,20H,3-4,8-9H2,(H,21,22). The molecule has 1 fully saturated rings. The van der Waals surface area contributed by atoms with Gasteiger partial charge in [0.25, 0.3) is 0 Å². The van der Waals surface area contributed by atoms with E-state index < -0.39 is 5.97 Å². The van der Waals surface area contributed by atoms with Crippen LogP contribution in [-0.2, 0) is 12.0 Å². The van der Waals surface area contributed by atoms with Gasteiger partial charge in [-0.1, -0.05) is 6.07 Å². The second-order valence-electron chi connectivity index (χ2n) is 6.05. The van der Waals surface area contributed by atoms with E-state index in [1.54, 1.807) is 6.07 Å². The number of aromatic carboxylic acids is 1. The Balaban J connectivity index is 1.68. The Morgan fingerprint density at radius 1 is 1.23 bits per heavy atom. The number of fused-ring (bicyclic) bond motifs is 2. The first kappa shape index (κ1) is 13.1. The number of benzene rings is 1. The zero-order valence-corrected chi connectivity index (χ0v) is 11.9. The zero-order chi connectivity index (χ0) is 15.3. The van der Waals surface area contributed by atoms with Gasteiger partial charge in [-0.05, 0) is 36.1 Å². The highest BCUT2D eigenvalue weighted by Crippen LogP contribution is 2.53. The highest BCUT2D eigenvalue weighted by molar-refractivity contribution is 5.86. The van der Waals surface area contributed by atoms with Gasteiger partial charge in [0.05, 0.1) is 5.56 Å². The fourth-order valence-electron chi connectivity index (χ4n) is 3.22. The van der Waals surface area contributed by atoms with Gasteiger partial charge in [0, 0.05) is 30.9 Å². The topological polar surface area (TPSA) is 86.5 Å². The van der Waals surface area contributed by atoms with Gasteiger partial charge in [-0.3, -0.25) is 0 Å². The van der Waals surface area contributed by atoms with Crippen molar-refractivity contribution in [1.29, 1.82) is 0 Å². The van der Waals surface area contributed by atoms with Gasteiger partial charge in [-0.2, -0.15) is 0 Å². The first-order valence-electron chi connectivity index (χ1n) is 7.20. The minimum absolute atomic E-state index is 0.0845. The average Bonchev–Trinajstić information content (AvgIpc) is 3.28. The molecule has 112 valence electrons. The van der Waals surface area contributed by atoms with Crippen LogP contribution in [0.25, 0.3) is 0 Å². The summed E-state index contributed by atoms with van der Waals surface area (Å²) in [6, 6.07) is 5.52. The molecule has 1 aliphatic heterocycles. The van der Waals surface area contributed by atoms with Crippen molar-refractivity contribution in [1.82, 2.24) is 9.97 Å². The largest absolute Gasteiger partial charge is 0.508 e. The Morgan fingerprint density at radius 2 is 1.95 bits per heavy atom. The zero-order valence-electron chi connectivity index (χ0n) is 11.9. The molecule has 4 rings (SSSR count). The van der Waals surface area contributed by atoms with Crippen molar-refractivity contribution in [3.63, 3.8) is 0 Å². The molecule has 0 unspecified atom stereocenters. The summed E-state index contributed by atoms with van der Waals surface area (Å²) in [5, 5.41) is 18.6. The second-order valence-corrected chi connectivity index (χ2v) is 6.05. The van der Waals surface area contributed by atoms with Crippen LogP contribution in [0, 0.1) is 0 Å². The normalized spacial score (nSPS) is 18.1. The maximum absolute atomic E-state index is 10.9. The summed E-state index contributed by atoms with van der Waals surface area (Å²) in [5.74, 6) is -0.166. The van der Waals surface area contributed by atoms with Gasteiger partial charge >= 0.3 is 5.97 Å². The predicted octanol–water partition coefficient (Wildman–Crippen LogP) is 1.93. The summed E-state index contributed by atoms with van der Waals surface area (Å²) >= 11 is 0. The van der Waals surface area contributed by atoms with Crippen LogP contribution < -0.4 is 4.90 Å². The van der Waals surface area contributed by atoms with Crippen LogP contribution in [0.4, 0.5) is 5.95 Å². The van der Waals surface area contributed by atoms with E-state index in [1.807, 2.05) is 12.1 Å². The Kier molecular flexibility index (Phi) is 2.63. The Morgan fingerprint density at radius 3 is 2.59 bits per heavy atom. The van der Waals surface area contributed by atoms with E-state index in [2.05, 4.69) is 14.9 Å². The van der Waals surface area contributed by atoms with Crippen LogP contribution in [0.15, 0.2) is 30.6 Å². The van der Waals surface area contributed by atoms with E-state index in [1.165, 1.54) is 23.5 Å². The molecule has 2 N–H and O–H groups in total. The Labute approximate surface area is 127 Å². The SMILES string of the molecule is O=C(O)c1cnc(N2Cc3ccc(O)cc3C3(CC3)C2)nc1. The molecule has 1 saturated carbocycles. The second kappa shape index (κ2) is 4.43. The van der Waals surface area contributed by atoms with E-state index in [-0.39, 0.29) is 11.0 Å². The lowest BCUT2D eigenvalue weighted by Crippen LogP contribution is -2.38. The number of phenolic OH excluding ortho intramolecular Hbond substituents is 1. The summed E-state index contributed by atoms with van der Waals surface area (Å²) in [6.45, 7) is 1.47. The lowest BCUT2D eigenvalue weighted by Gasteiger charge is -2.35. The summed E-state index contributed by atoms with van der Waals surface area (Å²) in [6.07, 6.45) is 4.87. The molecule has 22 heavy (non-hydrogen) atoms. The van der Waals surface area contributed by atoms with E-state index >= 15 is 0 Å². The molecular formula is C16H15N3O3. The molecule has 6 heteroatoms. The third-order valence-corrected chi connectivity index (χ3v) is 4.54. The molecule has 0 radical (unpaired) electrons. The van der Waals surface area contributed by atoms with Crippen LogP contribution in [0.2, 0.25) is 0 Å². The van der Waals surface area contributed by atoms with Crippen molar-refractivity contribution in [2.45, 2.75) is 24.8 Å². The fraction of sp³-hybridized carbons (Fsp3) is 0.312. The molecule has 0 saturated heterocycles. The molecule has 0 bridgehead atoms. The maximum Gasteiger partial charge on any atom is 0.338 e. The molecule has 1 spiro atoms. The van der Waals surface area contributed by atoms with Crippen molar-refractivity contribution >= 4 is 11.9 Å². The molecule has 0 atom stereocenters. The van der Waals surface area contributed by atoms with E-state index in [0.29, 0.717) is 18.2 Å². The number of nitrogens with zero attached hydrogens (tertiary/aromatic N) is 3. The molecular weight excluding hydrogens is 282 g/mol. The van der Waals surface area contributed by atoms with Crippen LogP contribution in [0.5, 0.6) is 5.75 Å². The van der Waals surface area contributed by atoms with Crippen LogP contribution in [0.1, 0.15) is 34.3 Å². The number of phenols is 1. The van der Waals surface area contributed by atoms with Gasteiger partial charge in [0.15, 0.2) is 0 Å². The molecule has 2 aliphatic rings. The van der Waals surface area contributed by atoms with Gasteiger partial charge < -0.3 is 15.1 Å². The highest BCUT2D eigenvalue weighted by atomic mass is 16.4. The summed E-state index contributed by atoms with van der Waals surface area (Å²) in [7, 11) is 0. The van der Waals surface area contributed by atoms with Crippen molar-refractivity contribution in [3.05, 3.63) is 47.3 Å². The number of rotatable bonds is 2. The molecule has 1 aromatic heterocycles. The Bertz CT molecular complexity index is 754. The number of aromatic nitrogens is 2. The van der Waals surface area contributed by atoms with Crippen LogP contribution >= 0.6 is 0 Å². The molecule has 2 heterocycles. The maximum atomic E-state index is 10.9. The molecule has 0 amide bonds. The number of hydrogen-bond donors (Lipinski definition) is 2. The lowest BCUT2D eigenvalue weighted by molar-refractivity contribution is 0.0696. The molecule has 1 aliphatic carbocycles. The lowest BCUT2D eigenvalue weighted by atomic mass is 9.87. The van der Waals surface area contributed by atoms with E-state index in [9.17, 15) is 9.90 Å². The van der Waals surface area contributed by atoms with Crippen molar-refractivity contribution in [2.24, 2.45) is 0 Å². The highest BCUT2D eigenvalue weighted by Gasteiger charge is 2.49. The van der Waals surface area contributed by atoms with Gasteiger partial charge in [-0.15, -0.1) is 0 Å². The number of hydrogen-bond acceptors (Lipinski definition) is 5. The molecule has 2 aromatic rings. The van der Waals surface area contributed by atoms with Crippen molar-refractivity contribution < 1.29 is 15.0 Å². The minimum atomic E-state index is -1.02. The van der Waals surface area contributed by atoms with Gasteiger partial charge in [0.1, 0.15) is 5.75 Å². The summed E-state index contributed by atoms with van der Waals surface area (Å²) < 4.78 is 0. The molecule has 6 nitrogen and oxygen atoms in total. The summed E-state index contributed by atoms with van der Waals surface area (Å²) in [5.41, 5.74) is 2.58. The van der Waals surface area contributed by atoms with Crippen molar-refractivity contribution in [3.8, 4) is 5.75 Å². The number of carboxylic acids is 1. The van der Waals surface area contributed by atoms with Crippen LogP contribution in [-0.4, -0.2) is 32.7 Å². The van der Waals surface area contributed by atoms with E-state index in [4.69, 9.17) is 5.11 Å². The number of anilines is 1. The fourth-order valence-corrected chi connectivity index (χ4v) is 3.22. The Hall–Kier alpha value is -2.63. The third kappa shape index (κ3) is 1.99. The van der Waals surface area contributed by atoms with Crippen molar-refractivity contribution in [2.75, 3.05) is 11.4 Å². The average molecular weight is 297 g/mol. The minimum Gasteiger partial charge on any atom is -0.508 e. The summed E-state index contributed by atoms with van der Waals surface area (Å²) in [4.78, 5) is 21.3. The quantitative estimate of drug-likeness (QED) is 0.881. The number of aromatic hydroxyl groups is 1. The van der Waals surface area contributed by atoms with E-state index in [0.717, 1.165) is 19.4 Å².